The van der Waals surface area contributed by atoms with Gasteiger partial charge in [0, 0.05) is 17.5 Å². The van der Waals surface area contributed by atoms with E-state index in [1.165, 1.54) is 7.11 Å². The Morgan fingerprint density at radius 1 is 1.35 bits per heavy atom. The van der Waals surface area contributed by atoms with Crippen molar-refractivity contribution in [2.24, 2.45) is 11.7 Å². The van der Waals surface area contributed by atoms with E-state index in [4.69, 9.17) is 22.1 Å². The molecule has 0 aliphatic heterocycles. The smallest absolute Gasteiger partial charge is 0.333 e. The van der Waals surface area contributed by atoms with Crippen molar-refractivity contribution >= 4 is 35.9 Å². The summed E-state index contributed by atoms with van der Waals surface area (Å²) in [5, 5.41) is 3.17. The first kappa shape index (κ1) is 18.7. The van der Waals surface area contributed by atoms with Gasteiger partial charge in [-0.3, -0.25) is 4.79 Å². The van der Waals surface area contributed by atoms with Crippen LogP contribution in [-0.4, -0.2) is 25.5 Å². The van der Waals surface area contributed by atoms with Gasteiger partial charge in [-0.2, -0.15) is 0 Å². The Balaban J connectivity index is 0.00000361. The van der Waals surface area contributed by atoms with E-state index >= 15 is 0 Å². The van der Waals surface area contributed by atoms with E-state index in [2.05, 4.69) is 5.32 Å². The van der Waals surface area contributed by atoms with Crippen LogP contribution in [0.25, 0.3) is 0 Å². The van der Waals surface area contributed by atoms with Crippen molar-refractivity contribution < 1.29 is 14.3 Å². The highest BCUT2D eigenvalue weighted by Crippen LogP contribution is 2.18. The number of halogens is 2. The summed E-state index contributed by atoms with van der Waals surface area (Å²) in [6.07, 6.45) is 0. The summed E-state index contributed by atoms with van der Waals surface area (Å²) in [4.78, 5) is 23.6. The number of ether oxygens (including phenoxy) is 1. The van der Waals surface area contributed by atoms with E-state index in [1.54, 1.807) is 31.2 Å². The number of benzene rings is 1. The maximum Gasteiger partial charge on any atom is 0.333 e. The molecule has 2 unspecified atom stereocenters. The minimum Gasteiger partial charge on any atom is -0.467 e. The van der Waals surface area contributed by atoms with Crippen molar-refractivity contribution in [3.8, 4) is 0 Å². The first-order valence-electron chi connectivity index (χ1n) is 5.83. The molecule has 1 aromatic rings. The maximum absolute atomic E-state index is 11.8. The third-order valence-electron chi connectivity index (χ3n) is 2.73. The van der Waals surface area contributed by atoms with E-state index in [0.29, 0.717) is 10.6 Å². The second-order valence-corrected chi connectivity index (χ2v) is 4.59. The van der Waals surface area contributed by atoms with Crippen LogP contribution >= 0.6 is 24.0 Å². The Labute approximate surface area is 129 Å². The number of hydrogen-bond acceptors (Lipinski definition) is 4. The summed E-state index contributed by atoms with van der Waals surface area (Å²) in [5.74, 6) is -1.22. The molecule has 1 aromatic carbocycles. The summed E-state index contributed by atoms with van der Waals surface area (Å²) >= 11 is 5.79. The predicted octanol–water partition coefficient (Wildman–Crippen LogP) is 1.69. The predicted molar refractivity (Wildman–Crippen MR) is 79.8 cm³/mol. The molecule has 0 radical (unpaired) electrons. The van der Waals surface area contributed by atoms with Crippen LogP contribution in [-0.2, 0) is 14.3 Å². The quantitative estimate of drug-likeness (QED) is 0.809. The number of carbonyl (C=O) groups is 2. The molecule has 1 rings (SSSR count). The van der Waals surface area contributed by atoms with Crippen molar-refractivity contribution in [2.75, 3.05) is 13.7 Å². The zero-order chi connectivity index (χ0) is 14.4. The summed E-state index contributed by atoms with van der Waals surface area (Å²) in [7, 11) is 1.27. The van der Waals surface area contributed by atoms with Crippen molar-refractivity contribution in [2.45, 2.75) is 13.0 Å². The number of nitrogens with one attached hydrogen (secondary N) is 1. The Morgan fingerprint density at radius 3 is 2.35 bits per heavy atom. The van der Waals surface area contributed by atoms with Crippen molar-refractivity contribution in [1.29, 1.82) is 0 Å². The van der Waals surface area contributed by atoms with Gasteiger partial charge in [-0.05, 0) is 17.7 Å². The molecular formula is C13H18Cl2N2O3. The third-order valence-corrected chi connectivity index (χ3v) is 2.98. The highest BCUT2D eigenvalue weighted by atomic mass is 35.5. The molecule has 2 atom stereocenters. The van der Waals surface area contributed by atoms with Gasteiger partial charge in [0.2, 0.25) is 5.91 Å². The maximum atomic E-state index is 11.8. The monoisotopic (exact) mass is 320 g/mol. The molecule has 0 aliphatic rings. The van der Waals surface area contributed by atoms with Gasteiger partial charge in [-0.25, -0.2) is 4.79 Å². The summed E-state index contributed by atoms with van der Waals surface area (Å²) in [6.45, 7) is 1.89. The number of methoxy groups -OCH3 is 1. The molecule has 1 amide bonds. The fourth-order valence-electron chi connectivity index (χ4n) is 1.44. The van der Waals surface area contributed by atoms with Crippen LogP contribution in [0.5, 0.6) is 0 Å². The zero-order valence-corrected chi connectivity index (χ0v) is 12.8. The molecule has 0 fully saturated rings. The molecule has 5 nitrogen and oxygen atoms in total. The summed E-state index contributed by atoms with van der Waals surface area (Å²) < 4.78 is 4.69. The average Bonchev–Trinajstić information content (AvgIpc) is 2.43. The standard InChI is InChI=1S/C13H17ClN2O3.ClH/c1-8(7-15)12(17)16-11(13(18)19-2)9-3-5-10(14)6-4-9;/h3-6,8,11H,7,15H2,1-2H3,(H,16,17);1H. The van der Waals surface area contributed by atoms with Crippen molar-refractivity contribution in [3.05, 3.63) is 34.9 Å². The van der Waals surface area contributed by atoms with E-state index in [-0.39, 0.29) is 30.8 Å². The van der Waals surface area contributed by atoms with Crippen LogP contribution in [0.4, 0.5) is 0 Å². The van der Waals surface area contributed by atoms with Gasteiger partial charge < -0.3 is 15.8 Å². The molecule has 0 bridgehead atoms. The lowest BCUT2D eigenvalue weighted by Gasteiger charge is -2.19. The van der Waals surface area contributed by atoms with Gasteiger partial charge in [-0.1, -0.05) is 30.7 Å². The number of rotatable bonds is 5. The lowest BCUT2D eigenvalue weighted by atomic mass is 10.1. The Hall–Kier alpha value is -1.30. The first-order chi connectivity index (χ1) is 8.99. The molecule has 0 saturated heterocycles. The highest BCUT2D eigenvalue weighted by molar-refractivity contribution is 6.30. The Bertz CT molecular complexity index is 451. The first-order valence-corrected chi connectivity index (χ1v) is 6.21. The van der Waals surface area contributed by atoms with Gasteiger partial charge in [-0.15, -0.1) is 12.4 Å². The van der Waals surface area contributed by atoms with Gasteiger partial charge in [0.25, 0.3) is 0 Å². The van der Waals surface area contributed by atoms with E-state index in [0.717, 1.165) is 0 Å². The number of hydrogen-bond donors (Lipinski definition) is 2. The minimum absolute atomic E-state index is 0. The van der Waals surface area contributed by atoms with Crippen LogP contribution in [0, 0.1) is 5.92 Å². The van der Waals surface area contributed by atoms with Crippen LogP contribution < -0.4 is 11.1 Å². The SMILES string of the molecule is COC(=O)C(NC(=O)C(C)CN)c1ccc(Cl)cc1.Cl. The number of nitrogens with two attached hydrogens (primary N) is 1. The normalized spacial score (nSPS) is 12.8. The second-order valence-electron chi connectivity index (χ2n) is 4.15. The molecule has 0 spiro atoms. The van der Waals surface area contributed by atoms with E-state index < -0.39 is 12.0 Å². The lowest BCUT2D eigenvalue weighted by Crippen LogP contribution is -2.39. The highest BCUT2D eigenvalue weighted by Gasteiger charge is 2.25. The summed E-state index contributed by atoms with van der Waals surface area (Å²) in [5.41, 5.74) is 6.03. The van der Waals surface area contributed by atoms with Crippen LogP contribution in [0.2, 0.25) is 5.02 Å². The fraction of sp³-hybridized carbons (Fsp3) is 0.385. The Kier molecular flexibility index (Phi) is 8.22. The topological polar surface area (TPSA) is 81.4 Å². The molecule has 3 N–H and O–H groups in total. The van der Waals surface area contributed by atoms with Gasteiger partial charge in [0.1, 0.15) is 0 Å². The molecule has 0 saturated carbocycles. The molecule has 0 aliphatic carbocycles. The van der Waals surface area contributed by atoms with Crippen molar-refractivity contribution in [3.63, 3.8) is 0 Å². The van der Waals surface area contributed by atoms with Crippen molar-refractivity contribution in [1.82, 2.24) is 5.32 Å². The lowest BCUT2D eigenvalue weighted by molar-refractivity contribution is -0.145. The average molecular weight is 321 g/mol. The largest absolute Gasteiger partial charge is 0.467 e. The fourth-order valence-corrected chi connectivity index (χ4v) is 1.57. The Morgan fingerprint density at radius 2 is 1.90 bits per heavy atom. The third kappa shape index (κ3) is 5.00. The van der Waals surface area contributed by atoms with Gasteiger partial charge in [0.15, 0.2) is 6.04 Å². The molecule has 7 heteroatoms. The molecule has 20 heavy (non-hydrogen) atoms. The van der Waals surface area contributed by atoms with E-state index in [9.17, 15) is 9.59 Å². The second kappa shape index (κ2) is 8.79. The van der Waals surface area contributed by atoms with Crippen LogP contribution in [0.3, 0.4) is 0 Å². The van der Waals surface area contributed by atoms with Gasteiger partial charge >= 0.3 is 5.97 Å². The number of amides is 1. The molecular weight excluding hydrogens is 303 g/mol. The molecule has 112 valence electrons. The zero-order valence-electron chi connectivity index (χ0n) is 11.3. The molecule has 0 heterocycles. The number of carbonyl (C=O) groups excluding carboxylic acids is 2. The summed E-state index contributed by atoms with van der Waals surface area (Å²) in [6, 6.07) is 5.76. The molecule has 0 aromatic heterocycles. The van der Waals surface area contributed by atoms with Crippen LogP contribution in [0.1, 0.15) is 18.5 Å². The number of esters is 1. The minimum atomic E-state index is -0.858. The van der Waals surface area contributed by atoms with Gasteiger partial charge in [0.05, 0.1) is 7.11 Å². The van der Waals surface area contributed by atoms with E-state index in [1.807, 2.05) is 0 Å². The van der Waals surface area contributed by atoms with Crippen LogP contribution in [0.15, 0.2) is 24.3 Å².